The third-order valence-corrected chi connectivity index (χ3v) is 3.32. The van der Waals surface area contributed by atoms with Crippen molar-refractivity contribution in [3.8, 4) is 0 Å². The van der Waals surface area contributed by atoms with Gasteiger partial charge in [0.15, 0.2) is 5.79 Å². The Labute approximate surface area is 104 Å². The van der Waals surface area contributed by atoms with Gasteiger partial charge in [-0.3, -0.25) is 4.18 Å². The van der Waals surface area contributed by atoms with Gasteiger partial charge in [-0.1, -0.05) is 22.6 Å². The average Bonchev–Trinajstić information content (AvgIpc) is 2.36. The fourth-order valence-corrected chi connectivity index (χ4v) is 2.50. The second kappa shape index (κ2) is 4.82. The van der Waals surface area contributed by atoms with Crippen molar-refractivity contribution in [2.24, 2.45) is 0 Å². The van der Waals surface area contributed by atoms with E-state index < -0.39 is 15.9 Å². The molecule has 0 unspecified atom stereocenters. The average molecular weight is 350 g/mol. The molecule has 15 heavy (non-hydrogen) atoms. The van der Waals surface area contributed by atoms with E-state index in [1.807, 2.05) is 0 Å². The first-order valence-electron chi connectivity index (χ1n) is 4.49. The van der Waals surface area contributed by atoms with Crippen molar-refractivity contribution >= 4 is 32.7 Å². The van der Waals surface area contributed by atoms with E-state index in [1.165, 1.54) is 0 Å². The zero-order valence-corrected chi connectivity index (χ0v) is 11.9. The summed E-state index contributed by atoms with van der Waals surface area (Å²) in [4.78, 5) is 0. The molecule has 2 atom stereocenters. The molecule has 0 saturated carbocycles. The third kappa shape index (κ3) is 4.51. The molecule has 1 rings (SSSR count). The molecule has 0 aromatic carbocycles. The second-order valence-electron chi connectivity index (χ2n) is 3.86. The van der Waals surface area contributed by atoms with Gasteiger partial charge in [-0.25, -0.2) is 0 Å². The summed E-state index contributed by atoms with van der Waals surface area (Å²) in [7, 11) is -3.42. The first-order chi connectivity index (χ1) is 6.73. The molecule has 0 aromatic rings. The zero-order valence-electron chi connectivity index (χ0n) is 8.90. The first-order valence-corrected chi connectivity index (χ1v) is 7.84. The van der Waals surface area contributed by atoms with Crippen molar-refractivity contribution in [1.29, 1.82) is 0 Å². The summed E-state index contributed by atoms with van der Waals surface area (Å²) < 4.78 is 38.2. The van der Waals surface area contributed by atoms with Crippen LogP contribution in [0, 0.1) is 0 Å². The second-order valence-corrected chi connectivity index (χ2v) is 6.38. The molecule has 0 aliphatic carbocycles. The number of halogens is 1. The van der Waals surface area contributed by atoms with E-state index in [2.05, 4.69) is 22.6 Å². The van der Waals surface area contributed by atoms with Crippen LogP contribution >= 0.6 is 22.6 Å². The van der Waals surface area contributed by atoms with Crippen LogP contribution in [-0.4, -0.2) is 43.7 Å². The van der Waals surface area contributed by atoms with Gasteiger partial charge < -0.3 is 9.47 Å². The van der Waals surface area contributed by atoms with Gasteiger partial charge in [0.2, 0.25) is 0 Å². The Morgan fingerprint density at radius 3 is 2.33 bits per heavy atom. The highest BCUT2D eigenvalue weighted by Crippen LogP contribution is 2.29. The van der Waals surface area contributed by atoms with E-state index in [1.54, 1.807) is 13.8 Å². The molecule has 1 aliphatic heterocycles. The molecule has 1 fully saturated rings. The highest BCUT2D eigenvalue weighted by atomic mass is 127. The van der Waals surface area contributed by atoms with Crippen LogP contribution in [-0.2, 0) is 23.8 Å². The minimum Gasteiger partial charge on any atom is -0.344 e. The van der Waals surface area contributed by atoms with Crippen molar-refractivity contribution in [3.63, 3.8) is 0 Å². The molecule has 1 heterocycles. The van der Waals surface area contributed by atoms with Crippen molar-refractivity contribution in [2.75, 3.05) is 17.3 Å². The number of ether oxygens (including phenoxy) is 2. The zero-order chi connectivity index (χ0) is 11.7. The van der Waals surface area contributed by atoms with E-state index in [4.69, 9.17) is 13.7 Å². The molecule has 1 aliphatic rings. The smallest absolute Gasteiger partial charge is 0.264 e. The Hall–Kier alpha value is 0.560. The lowest BCUT2D eigenvalue weighted by molar-refractivity contribution is -0.146. The maximum Gasteiger partial charge on any atom is 0.264 e. The standard InChI is InChI=1S/C8H15IO5S/c1-8(2)13-6(4-9)7(14-8)5-12-15(3,10)11/h6-7H,4-5H2,1-3H3/t6-,7-/m1/s1. The maximum atomic E-state index is 10.8. The minimum absolute atomic E-state index is 0.00985. The van der Waals surface area contributed by atoms with E-state index in [0.29, 0.717) is 0 Å². The predicted octanol–water partition coefficient (Wildman–Crippen LogP) is 0.918. The van der Waals surface area contributed by atoms with Gasteiger partial charge in [0.25, 0.3) is 10.1 Å². The lowest BCUT2D eigenvalue weighted by atomic mass is 10.2. The van der Waals surface area contributed by atoms with Crippen LogP contribution in [0.25, 0.3) is 0 Å². The Morgan fingerprint density at radius 2 is 1.87 bits per heavy atom. The Kier molecular flexibility index (Phi) is 4.38. The molecule has 0 N–H and O–H groups in total. The quantitative estimate of drug-likeness (QED) is 0.429. The van der Waals surface area contributed by atoms with Gasteiger partial charge in [-0.2, -0.15) is 8.42 Å². The Balaban J connectivity index is 2.54. The van der Waals surface area contributed by atoms with Gasteiger partial charge in [-0.05, 0) is 13.8 Å². The van der Waals surface area contributed by atoms with Gasteiger partial charge in [0.05, 0.1) is 19.0 Å². The summed E-state index contributed by atoms with van der Waals surface area (Å²) in [5.74, 6) is -0.665. The monoisotopic (exact) mass is 350 g/mol. The van der Waals surface area contributed by atoms with Crippen LogP contribution < -0.4 is 0 Å². The normalized spacial score (nSPS) is 30.7. The van der Waals surface area contributed by atoms with E-state index in [-0.39, 0.29) is 18.8 Å². The van der Waals surface area contributed by atoms with Crippen LogP contribution in [0.5, 0.6) is 0 Å². The summed E-state index contributed by atoms with van der Waals surface area (Å²) in [5, 5.41) is 0. The summed E-state index contributed by atoms with van der Waals surface area (Å²) in [5.41, 5.74) is 0. The lowest BCUT2D eigenvalue weighted by Gasteiger charge is -2.16. The molecular weight excluding hydrogens is 335 g/mol. The van der Waals surface area contributed by atoms with Gasteiger partial charge in [-0.15, -0.1) is 0 Å². The van der Waals surface area contributed by atoms with E-state index >= 15 is 0 Å². The molecule has 0 amide bonds. The van der Waals surface area contributed by atoms with E-state index in [0.717, 1.165) is 10.7 Å². The molecule has 1 saturated heterocycles. The third-order valence-electron chi connectivity index (χ3n) is 1.88. The fourth-order valence-electron chi connectivity index (χ4n) is 1.37. The fraction of sp³-hybridized carbons (Fsp3) is 1.00. The predicted molar refractivity (Wildman–Crippen MR) is 63.5 cm³/mol. The van der Waals surface area contributed by atoms with Crippen molar-refractivity contribution in [1.82, 2.24) is 0 Å². The van der Waals surface area contributed by atoms with Crippen molar-refractivity contribution in [2.45, 2.75) is 31.8 Å². The highest BCUT2D eigenvalue weighted by Gasteiger charge is 2.41. The van der Waals surface area contributed by atoms with Gasteiger partial charge in [0.1, 0.15) is 6.10 Å². The molecule has 0 radical (unpaired) electrons. The van der Waals surface area contributed by atoms with Crippen LogP contribution in [0.2, 0.25) is 0 Å². The maximum absolute atomic E-state index is 10.8. The number of rotatable bonds is 4. The molecule has 0 bridgehead atoms. The molecular formula is C8H15IO5S. The number of hydrogen-bond acceptors (Lipinski definition) is 5. The Morgan fingerprint density at radius 1 is 1.33 bits per heavy atom. The summed E-state index contributed by atoms with van der Waals surface area (Å²) >= 11 is 2.17. The SMILES string of the molecule is CC1(C)O[C@H](CI)[C@@H](COS(C)(=O)=O)O1. The molecule has 90 valence electrons. The van der Waals surface area contributed by atoms with Gasteiger partial charge >= 0.3 is 0 Å². The topological polar surface area (TPSA) is 61.8 Å². The van der Waals surface area contributed by atoms with Crippen LogP contribution in [0.1, 0.15) is 13.8 Å². The van der Waals surface area contributed by atoms with Crippen LogP contribution in [0.15, 0.2) is 0 Å². The minimum atomic E-state index is -3.42. The van der Waals surface area contributed by atoms with E-state index in [9.17, 15) is 8.42 Å². The van der Waals surface area contributed by atoms with Gasteiger partial charge in [0, 0.05) is 4.43 Å². The largest absolute Gasteiger partial charge is 0.344 e. The summed E-state index contributed by atoms with van der Waals surface area (Å²) in [6.45, 7) is 3.61. The van der Waals surface area contributed by atoms with Crippen molar-refractivity contribution in [3.05, 3.63) is 0 Å². The molecule has 7 heteroatoms. The molecule has 0 aromatic heterocycles. The molecule has 0 spiro atoms. The first kappa shape index (κ1) is 13.6. The Bertz CT molecular complexity index is 313. The number of alkyl halides is 1. The number of hydrogen-bond donors (Lipinski definition) is 0. The van der Waals surface area contributed by atoms with Crippen molar-refractivity contribution < 1.29 is 22.1 Å². The van der Waals surface area contributed by atoms with Crippen LogP contribution in [0.4, 0.5) is 0 Å². The summed E-state index contributed by atoms with van der Waals surface area (Å²) in [6.07, 6.45) is 0.571. The summed E-state index contributed by atoms with van der Waals surface area (Å²) in [6, 6.07) is 0. The lowest BCUT2D eigenvalue weighted by Crippen LogP contribution is -2.29. The molecule has 5 nitrogen and oxygen atoms in total. The van der Waals surface area contributed by atoms with Crippen LogP contribution in [0.3, 0.4) is 0 Å². The highest BCUT2D eigenvalue weighted by molar-refractivity contribution is 14.1.